The third kappa shape index (κ3) is 4.93. The quantitative estimate of drug-likeness (QED) is 0.753. The van der Waals surface area contributed by atoms with Crippen LogP contribution < -0.4 is 4.90 Å². The van der Waals surface area contributed by atoms with Crippen molar-refractivity contribution in [1.82, 2.24) is 0 Å². The maximum absolute atomic E-state index is 12.1. The number of anilines is 1. The summed E-state index contributed by atoms with van der Waals surface area (Å²) in [6, 6.07) is 17.4. The minimum atomic E-state index is -0.923. The highest BCUT2D eigenvalue weighted by Crippen LogP contribution is 2.17. The van der Waals surface area contributed by atoms with Crippen molar-refractivity contribution in [2.75, 3.05) is 18.0 Å². The SMILES string of the molecule is CCN(CCCC(O)C(=O)c1ccccc1)c1cccc(C)c1. The van der Waals surface area contributed by atoms with Crippen LogP contribution in [0.15, 0.2) is 54.6 Å². The smallest absolute Gasteiger partial charge is 0.191 e. The monoisotopic (exact) mass is 311 g/mol. The van der Waals surface area contributed by atoms with E-state index in [4.69, 9.17) is 0 Å². The van der Waals surface area contributed by atoms with E-state index < -0.39 is 6.10 Å². The molecule has 0 aromatic heterocycles. The Balaban J connectivity index is 1.86. The molecule has 0 saturated heterocycles. The van der Waals surface area contributed by atoms with Crippen LogP contribution in [0.3, 0.4) is 0 Å². The number of carbonyl (C=O) groups is 1. The van der Waals surface area contributed by atoms with Crippen molar-refractivity contribution in [3.05, 3.63) is 65.7 Å². The lowest BCUT2D eigenvalue weighted by Gasteiger charge is -2.24. The Labute approximate surface area is 138 Å². The van der Waals surface area contributed by atoms with Gasteiger partial charge in [0, 0.05) is 24.3 Å². The van der Waals surface area contributed by atoms with E-state index in [0.717, 1.165) is 19.5 Å². The average molecular weight is 311 g/mol. The van der Waals surface area contributed by atoms with Gasteiger partial charge in [0.25, 0.3) is 0 Å². The third-order valence-electron chi connectivity index (χ3n) is 4.02. The number of rotatable bonds is 8. The summed E-state index contributed by atoms with van der Waals surface area (Å²) in [5, 5.41) is 10.1. The van der Waals surface area contributed by atoms with Gasteiger partial charge in [-0.2, -0.15) is 0 Å². The van der Waals surface area contributed by atoms with E-state index in [1.165, 1.54) is 11.3 Å². The van der Waals surface area contributed by atoms with Crippen LogP contribution in [0, 0.1) is 6.92 Å². The molecule has 122 valence electrons. The predicted molar refractivity (Wildman–Crippen MR) is 95.1 cm³/mol. The first-order chi connectivity index (χ1) is 11.1. The second kappa shape index (κ2) is 8.49. The zero-order chi connectivity index (χ0) is 16.7. The molecule has 0 aliphatic rings. The molecular weight excluding hydrogens is 286 g/mol. The number of hydrogen-bond donors (Lipinski definition) is 1. The van der Waals surface area contributed by atoms with Crippen molar-refractivity contribution in [1.29, 1.82) is 0 Å². The second-order valence-corrected chi connectivity index (χ2v) is 5.81. The second-order valence-electron chi connectivity index (χ2n) is 5.81. The van der Waals surface area contributed by atoms with Crippen LogP contribution in [-0.2, 0) is 0 Å². The summed E-state index contributed by atoms with van der Waals surface area (Å²) in [6.45, 7) is 5.94. The molecule has 2 aromatic carbocycles. The average Bonchev–Trinajstić information content (AvgIpc) is 2.58. The van der Waals surface area contributed by atoms with Crippen LogP contribution in [0.25, 0.3) is 0 Å². The summed E-state index contributed by atoms with van der Waals surface area (Å²) in [6.07, 6.45) is 0.339. The molecule has 3 heteroatoms. The highest BCUT2D eigenvalue weighted by Gasteiger charge is 2.16. The summed E-state index contributed by atoms with van der Waals surface area (Å²) in [5.41, 5.74) is 3.00. The predicted octanol–water partition coefficient (Wildman–Crippen LogP) is 3.85. The summed E-state index contributed by atoms with van der Waals surface area (Å²) >= 11 is 0. The van der Waals surface area contributed by atoms with Crippen molar-refractivity contribution >= 4 is 11.5 Å². The van der Waals surface area contributed by atoms with Gasteiger partial charge in [0.05, 0.1) is 0 Å². The fourth-order valence-electron chi connectivity index (χ4n) is 2.70. The lowest BCUT2D eigenvalue weighted by molar-refractivity contribution is 0.0728. The Morgan fingerprint density at radius 2 is 1.87 bits per heavy atom. The number of carbonyl (C=O) groups excluding carboxylic acids is 1. The van der Waals surface area contributed by atoms with E-state index in [-0.39, 0.29) is 5.78 Å². The first-order valence-electron chi connectivity index (χ1n) is 8.20. The number of ketones is 1. The number of aliphatic hydroxyl groups is 1. The lowest BCUT2D eigenvalue weighted by atomic mass is 10.0. The fourth-order valence-corrected chi connectivity index (χ4v) is 2.70. The minimum Gasteiger partial charge on any atom is -0.385 e. The molecule has 1 N–H and O–H groups in total. The molecule has 0 amide bonds. The summed E-state index contributed by atoms with van der Waals surface area (Å²) < 4.78 is 0. The molecule has 0 aliphatic heterocycles. The molecule has 2 aromatic rings. The topological polar surface area (TPSA) is 40.5 Å². The Bertz CT molecular complexity index is 625. The van der Waals surface area contributed by atoms with Crippen LogP contribution >= 0.6 is 0 Å². The van der Waals surface area contributed by atoms with Gasteiger partial charge in [-0.15, -0.1) is 0 Å². The van der Waals surface area contributed by atoms with Crippen molar-refractivity contribution in [3.63, 3.8) is 0 Å². The van der Waals surface area contributed by atoms with E-state index in [2.05, 4.69) is 43.0 Å². The zero-order valence-electron chi connectivity index (χ0n) is 13.9. The number of aliphatic hydroxyl groups excluding tert-OH is 1. The Morgan fingerprint density at radius 1 is 1.13 bits per heavy atom. The van der Waals surface area contributed by atoms with Gasteiger partial charge >= 0.3 is 0 Å². The molecule has 0 heterocycles. The Hall–Kier alpha value is -2.13. The van der Waals surface area contributed by atoms with Gasteiger partial charge in [-0.05, 0) is 44.4 Å². The van der Waals surface area contributed by atoms with Gasteiger partial charge in [0.15, 0.2) is 5.78 Å². The first-order valence-corrected chi connectivity index (χ1v) is 8.20. The Kier molecular flexibility index (Phi) is 6.36. The molecule has 3 nitrogen and oxygen atoms in total. The van der Waals surface area contributed by atoms with E-state index in [1.54, 1.807) is 12.1 Å². The molecule has 1 atom stereocenters. The highest BCUT2D eigenvalue weighted by atomic mass is 16.3. The summed E-state index contributed by atoms with van der Waals surface area (Å²) in [5.74, 6) is -0.191. The van der Waals surface area contributed by atoms with Crippen LogP contribution in [-0.4, -0.2) is 30.1 Å². The van der Waals surface area contributed by atoms with Crippen LogP contribution in [0.4, 0.5) is 5.69 Å². The van der Waals surface area contributed by atoms with E-state index in [9.17, 15) is 9.90 Å². The fraction of sp³-hybridized carbons (Fsp3) is 0.350. The van der Waals surface area contributed by atoms with Crippen molar-refractivity contribution in [2.45, 2.75) is 32.8 Å². The van der Waals surface area contributed by atoms with E-state index in [1.807, 2.05) is 18.2 Å². The Morgan fingerprint density at radius 3 is 2.52 bits per heavy atom. The molecule has 23 heavy (non-hydrogen) atoms. The largest absolute Gasteiger partial charge is 0.385 e. The molecule has 1 unspecified atom stereocenters. The van der Waals surface area contributed by atoms with Gasteiger partial charge in [0.1, 0.15) is 6.10 Å². The normalized spacial score (nSPS) is 12.0. The lowest BCUT2D eigenvalue weighted by Crippen LogP contribution is -2.27. The number of aryl methyl sites for hydroxylation is 1. The molecule has 0 spiro atoms. The van der Waals surface area contributed by atoms with Crippen molar-refractivity contribution < 1.29 is 9.90 Å². The van der Waals surface area contributed by atoms with Crippen LogP contribution in [0.5, 0.6) is 0 Å². The van der Waals surface area contributed by atoms with Gasteiger partial charge < -0.3 is 10.0 Å². The highest BCUT2D eigenvalue weighted by molar-refractivity contribution is 5.99. The van der Waals surface area contributed by atoms with Gasteiger partial charge in [-0.1, -0.05) is 42.5 Å². The third-order valence-corrected chi connectivity index (χ3v) is 4.02. The van der Waals surface area contributed by atoms with Gasteiger partial charge in [0.2, 0.25) is 0 Å². The molecular formula is C20H25NO2. The van der Waals surface area contributed by atoms with Crippen molar-refractivity contribution in [3.8, 4) is 0 Å². The molecule has 0 aliphatic carbocycles. The van der Waals surface area contributed by atoms with Crippen LogP contribution in [0.1, 0.15) is 35.7 Å². The standard InChI is InChI=1S/C20H25NO2/c1-3-21(18-12-7-9-16(2)15-18)14-8-13-19(22)20(23)17-10-5-4-6-11-17/h4-7,9-12,15,19,22H,3,8,13-14H2,1-2H3. The molecule has 2 rings (SSSR count). The van der Waals surface area contributed by atoms with Gasteiger partial charge in [-0.3, -0.25) is 4.79 Å². The molecule has 0 radical (unpaired) electrons. The number of hydrogen-bond acceptors (Lipinski definition) is 3. The summed E-state index contributed by atoms with van der Waals surface area (Å²) in [4.78, 5) is 14.4. The molecule has 0 bridgehead atoms. The number of Topliss-reactive ketones (excluding diaryl/α,β-unsaturated/α-hetero) is 1. The van der Waals surface area contributed by atoms with Gasteiger partial charge in [-0.25, -0.2) is 0 Å². The minimum absolute atomic E-state index is 0.191. The molecule has 0 fully saturated rings. The maximum atomic E-state index is 12.1. The number of nitrogens with zero attached hydrogens (tertiary/aromatic N) is 1. The van der Waals surface area contributed by atoms with E-state index >= 15 is 0 Å². The maximum Gasteiger partial charge on any atom is 0.191 e. The molecule has 0 saturated carbocycles. The first kappa shape index (κ1) is 17.2. The number of benzene rings is 2. The van der Waals surface area contributed by atoms with Crippen molar-refractivity contribution in [2.24, 2.45) is 0 Å². The van der Waals surface area contributed by atoms with E-state index in [0.29, 0.717) is 12.0 Å². The zero-order valence-corrected chi connectivity index (χ0v) is 13.9. The van der Waals surface area contributed by atoms with Crippen LogP contribution in [0.2, 0.25) is 0 Å². The summed E-state index contributed by atoms with van der Waals surface area (Å²) in [7, 11) is 0.